The van der Waals surface area contributed by atoms with Crippen LogP contribution in [0.25, 0.3) is 33.0 Å². The summed E-state index contributed by atoms with van der Waals surface area (Å²) in [6.07, 6.45) is 0. The van der Waals surface area contributed by atoms with Crippen molar-refractivity contribution in [1.29, 1.82) is 0 Å². The van der Waals surface area contributed by atoms with Crippen LogP contribution in [0.1, 0.15) is 0 Å². The second-order valence-electron chi connectivity index (χ2n) is 6.51. The summed E-state index contributed by atoms with van der Waals surface area (Å²) in [6, 6.07) is 21.3. The molecular formula is C23H16N2O3S. The molecule has 2 heterocycles. The molecule has 0 aliphatic carbocycles. The Kier molecular flexibility index (Phi) is 4.26. The van der Waals surface area contributed by atoms with Gasteiger partial charge in [-0.3, -0.25) is 0 Å². The van der Waals surface area contributed by atoms with Crippen molar-refractivity contribution in [3.05, 3.63) is 82.5 Å². The highest BCUT2D eigenvalue weighted by atomic mass is 32.1. The molecule has 0 bridgehead atoms. The van der Waals surface area contributed by atoms with Gasteiger partial charge in [0.1, 0.15) is 11.3 Å². The molecule has 0 atom stereocenters. The second-order valence-corrected chi connectivity index (χ2v) is 7.37. The molecule has 5 nitrogen and oxygen atoms in total. The first kappa shape index (κ1) is 17.5. The molecule has 1 N–H and O–H groups in total. The lowest BCUT2D eigenvalue weighted by molar-refractivity contribution is 0.417. The van der Waals surface area contributed by atoms with Gasteiger partial charge in [0.05, 0.1) is 24.1 Å². The van der Waals surface area contributed by atoms with Gasteiger partial charge in [0.2, 0.25) is 0 Å². The topological polar surface area (TPSA) is 64.4 Å². The van der Waals surface area contributed by atoms with Crippen LogP contribution in [-0.2, 0) is 0 Å². The van der Waals surface area contributed by atoms with Gasteiger partial charge in [-0.25, -0.2) is 9.78 Å². The Morgan fingerprint density at radius 1 is 1.00 bits per heavy atom. The minimum atomic E-state index is -0.401. The number of nitrogens with one attached hydrogen (secondary N) is 1. The van der Waals surface area contributed by atoms with E-state index in [1.807, 2.05) is 72.1 Å². The third-order valence-corrected chi connectivity index (χ3v) is 5.53. The number of ether oxygens (including phenoxy) is 1. The van der Waals surface area contributed by atoms with Crippen molar-refractivity contribution in [2.45, 2.75) is 0 Å². The molecule has 2 aromatic heterocycles. The number of hydrogen-bond acceptors (Lipinski definition) is 6. The SMILES string of the molecule is COc1ccccc1Nc1nc(-c2cc3c(ccc4ccccc43)oc2=O)cs1. The number of benzene rings is 3. The molecule has 0 saturated carbocycles. The Hall–Kier alpha value is -3.64. The van der Waals surface area contributed by atoms with E-state index in [1.54, 1.807) is 7.11 Å². The van der Waals surface area contributed by atoms with Gasteiger partial charge in [0, 0.05) is 10.8 Å². The summed E-state index contributed by atoms with van der Waals surface area (Å²) in [4.78, 5) is 17.2. The van der Waals surface area contributed by atoms with Gasteiger partial charge in [-0.2, -0.15) is 0 Å². The molecule has 0 amide bonds. The van der Waals surface area contributed by atoms with Crippen LogP contribution in [0.3, 0.4) is 0 Å². The van der Waals surface area contributed by atoms with Crippen molar-refractivity contribution in [2.75, 3.05) is 12.4 Å². The monoisotopic (exact) mass is 400 g/mol. The van der Waals surface area contributed by atoms with Gasteiger partial charge in [-0.15, -0.1) is 11.3 Å². The fourth-order valence-corrected chi connectivity index (χ4v) is 4.09. The normalized spacial score (nSPS) is 11.1. The summed E-state index contributed by atoms with van der Waals surface area (Å²) in [6.45, 7) is 0. The highest BCUT2D eigenvalue weighted by Crippen LogP contribution is 2.32. The van der Waals surface area contributed by atoms with Crippen LogP contribution in [0.4, 0.5) is 10.8 Å². The second kappa shape index (κ2) is 7.07. The summed E-state index contributed by atoms with van der Waals surface area (Å²) in [7, 11) is 1.62. The van der Waals surface area contributed by atoms with E-state index >= 15 is 0 Å². The zero-order chi connectivity index (χ0) is 19.8. The van der Waals surface area contributed by atoms with Crippen molar-refractivity contribution in [2.24, 2.45) is 0 Å². The minimum Gasteiger partial charge on any atom is -0.495 e. The quantitative estimate of drug-likeness (QED) is 0.304. The zero-order valence-electron chi connectivity index (χ0n) is 15.5. The van der Waals surface area contributed by atoms with Crippen molar-refractivity contribution in [3.63, 3.8) is 0 Å². The van der Waals surface area contributed by atoms with Crippen LogP contribution in [0.15, 0.2) is 81.3 Å². The lowest BCUT2D eigenvalue weighted by atomic mass is 10.0. The Morgan fingerprint density at radius 2 is 1.83 bits per heavy atom. The molecule has 0 radical (unpaired) electrons. The summed E-state index contributed by atoms with van der Waals surface area (Å²) < 4.78 is 11.0. The first-order valence-electron chi connectivity index (χ1n) is 9.04. The highest BCUT2D eigenvalue weighted by Gasteiger charge is 2.14. The number of hydrogen-bond donors (Lipinski definition) is 1. The average Bonchev–Trinajstić information content (AvgIpc) is 3.21. The van der Waals surface area contributed by atoms with Crippen LogP contribution < -0.4 is 15.7 Å². The van der Waals surface area contributed by atoms with Gasteiger partial charge in [-0.05, 0) is 35.0 Å². The summed E-state index contributed by atoms with van der Waals surface area (Å²) in [5.74, 6) is 0.723. The molecule has 0 aliphatic rings. The molecule has 0 fully saturated rings. The standard InChI is InChI=1S/C23H16N2O3S/c1-27-21-9-5-4-8-18(21)24-23-25-19(13-29-23)17-12-16-15-7-3-2-6-14(15)10-11-20(16)28-22(17)26/h2-13H,1H3,(H,24,25). The van der Waals surface area contributed by atoms with E-state index in [0.717, 1.165) is 27.6 Å². The van der Waals surface area contributed by atoms with E-state index in [9.17, 15) is 4.79 Å². The predicted octanol–water partition coefficient (Wildman–Crippen LogP) is 5.82. The van der Waals surface area contributed by atoms with Crippen molar-refractivity contribution >= 4 is 43.9 Å². The number of fused-ring (bicyclic) bond motifs is 3. The molecule has 142 valence electrons. The molecule has 0 saturated heterocycles. The molecular weight excluding hydrogens is 384 g/mol. The third kappa shape index (κ3) is 3.13. The molecule has 0 spiro atoms. The van der Waals surface area contributed by atoms with Crippen LogP contribution >= 0.6 is 11.3 Å². The predicted molar refractivity (Wildman–Crippen MR) is 117 cm³/mol. The zero-order valence-corrected chi connectivity index (χ0v) is 16.3. The van der Waals surface area contributed by atoms with Crippen LogP contribution in [0, 0.1) is 0 Å². The van der Waals surface area contributed by atoms with E-state index in [-0.39, 0.29) is 0 Å². The maximum absolute atomic E-state index is 12.6. The Balaban J connectivity index is 1.58. The van der Waals surface area contributed by atoms with Gasteiger partial charge in [0.15, 0.2) is 5.13 Å². The van der Waals surface area contributed by atoms with Gasteiger partial charge in [-0.1, -0.05) is 42.5 Å². The molecule has 6 heteroatoms. The Labute approximate surface area is 170 Å². The van der Waals surface area contributed by atoms with E-state index in [2.05, 4.69) is 10.3 Å². The molecule has 29 heavy (non-hydrogen) atoms. The van der Waals surface area contributed by atoms with E-state index in [4.69, 9.17) is 9.15 Å². The van der Waals surface area contributed by atoms with Crippen LogP contribution in [0.2, 0.25) is 0 Å². The number of rotatable bonds is 4. The number of aromatic nitrogens is 1. The average molecular weight is 400 g/mol. The molecule has 0 unspecified atom stereocenters. The largest absolute Gasteiger partial charge is 0.495 e. The lowest BCUT2D eigenvalue weighted by Gasteiger charge is -2.08. The number of methoxy groups -OCH3 is 1. The number of para-hydroxylation sites is 2. The third-order valence-electron chi connectivity index (χ3n) is 4.77. The smallest absolute Gasteiger partial charge is 0.345 e. The summed E-state index contributed by atoms with van der Waals surface area (Å²) in [5.41, 5.74) is 2.00. The van der Waals surface area contributed by atoms with Gasteiger partial charge < -0.3 is 14.5 Å². The van der Waals surface area contributed by atoms with E-state index in [1.165, 1.54) is 11.3 Å². The Bertz CT molecular complexity index is 1400. The first-order chi connectivity index (χ1) is 14.2. The van der Waals surface area contributed by atoms with Crippen molar-refractivity contribution in [1.82, 2.24) is 4.98 Å². The first-order valence-corrected chi connectivity index (χ1v) is 9.92. The lowest BCUT2D eigenvalue weighted by Crippen LogP contribution is -2.03. The minimum absolute atomic E-state index is 0.401. The number of nitrogens with zero attached hydrogens (tertiary/aromatic N) is 1. The highest BCUT2D eigenvalue weighted by molar-refractivity contribution is 7.14. The van der Waals surface area contributed by atoms with Gasteiger partial charge in [0.25, 0.3) is 0 Å². The van der Waals surface area contributed by atoms with Crippen LogP contribution in [-0.4, -0.2) is 12.1 Å². The molecule has 5 aromatic rings. The molecule has 0 aliphatic heterocycles. The summed E-state index contributed by atoms with van der Waals surface area (Å²) >= 11 is 1.42. The fourth-order valence-electron chi connectivity index (χ4n) is 3.37. The van der Waals surface area contributed by atoms with Gasteiger partial charge >= 0.3 is 5.63 Å². The van der Waals surface area contributed by atoms with E-state index < -0.39 is 5.63 Å². The molecule has 3 aromatic carbocycles. The number of thiazole rings is 1. The van der Waals surface area contributed by atoms with Crippen molar-refractivity contribution in [3.8, 4) is 17.0 Å². The van der Waals surface area contributed by atoms with Crippen molar-refractivity contribution < 1.29 is 9.15 Å². The van der Waals surface area contributed by atoms with Crippen LogP contribution in [0.5, 0.6) is 5.75 Å². The van der Waals surface area contributed by atoms with E-state index in [0.29, 0.717) is 22.0 Å². The molecule has 5 rings (SSSR count). The Morgan fingerprint density at radius 3 is 2.72 bits per heavy atom. The summed E-state index contributed by atoms with van der Waals surface area (Å²) in [5, 5.41) is 8.79. The fraction of sp³-hybridized carbons (Fsp3) is 0.0435. The maximum atomic E-state index is 12.6. The number of anilines is 2. The maximum Gasteiger partial charge on any atom is 0.345 e.